The van der Waals surface area contributed by atoms with Gasteiger partial charge in [-0.2, -0.15) is 0 Å². The summed E-state index contributed by atoms with van der Waals surface area (Å²) in [7, 11) is 1.47. The summed E-state index contributed by atoms with van der Waals surface area (Å²) in [5, 5.41) is 9.98. The molecule has 0 saturated heterocycles. The van der Waals surface area contributed by atoms with Crippen molar-refractivity contribution in [3.05, 3.63) is 11.6 Å². The maximum Gasteiger partial charge on any atom is 0.305 e. The van der Waals surface area contributed by atoms with Gasteiger partial charge in [0.05, 0.1) is 13.7 Å². The average Bonchev–Trinajstić information content (AvgIpc) is 2.57. The highest BCUT2D eigenvalue weighted by molar-refractivity contribution is 5.69. The van der Waals surface area contributed by atoms with E-state index >= 15 is 0 Å². The van der Waals surface area contributed by atoms with Crippen molar-refractivity contribution in [2.24, 2.45) is 28.6 Å². The SMILES string of the molecule is COC(=O)CC(C)CCC1(C)C(C)CC=C2C1CCCC2(C)CO. The number of carbonyl (C=O) groups is 1. The molecule has 0 aliphatic heterocycles. The van der Waals surface area contributed by atoms with Gasteiger partial charge in [-0.1, -0.05) is 45.8 Å². The molecule has 1 saturated carbocycles. The number of methoxy groups -OCH3 is 1. The summed E-state index contributed by atoms with van der Waals surface area (Å²) in [5.41, 5.74) is 1.75. The van der Waals surface area contributed by atoms with Gasteiger partial charge < -0.3 is 9.84 Å². The molecule has 3 heteroatoms. The summed E-state index contributed by atoms with van der Waals surface area (Å²) < 4.78 is 4.81. The highest BCUT2D eigenvalue weighted by Crippen LogP contribution is 2.58. The Morgan fingerprint density at radius 3 is 2.79 bits per heavy atom. The molecule has 0 radical (unpaired) electrons. The molecule has 1 N–H and O–H groups in total. The topological polar surface area (TPSA) is 46.5 Å². The number of hydrogen-bond donors (Lipinski definition) is 1. The van der Waals surface area contributed by atoms with Gasteiger partial charge in [0.15, 0.2) is 0 Å². The van der Waals surface area contributed by atoms with E-state index in [0.717, 1.165) is 25.7 Å². The monoisotopic (exact) mass is 336 g/mol. The third kappa shape index (κ3) is 3.71. The van der Waals surface area contributed by atoms with E-state index < -0.39 is 0 Å². The number of aliphatic hydroxyl groups excluding tert-OH is 1. The molecule has 0 aromatic carbocycles. The van der Waals surface area contributed by atoms with Crippen LogP contribution >= 0.6 is 0 Å². The zero-order chi connectivity index (χ0) is 18.0. The Balaban J connectivity index is 2.12. The largest absolute Gasteiger partial charge is 0.469 e. The first kappa shape index (κ1) is 19.5. The highest BCUT2D eigenvalue weighted by atomic mass is 16.5. The minimum atomic E-state index is -0.101. The van der Waals surface area contributed by atoms with Gasteiger partial charge in [0.25, 0.3) is 0 Å². The number of aliphatic hydroxyl groups is 1. The molecule has 0 bridgehead atoms. The lowest BCUT2D eigenvalue weighted by molar-refractivity contribution is -0.141. The molecule has 0 spiro atoms. The molecule has 0 aromatic rings. The Morgan fingerprint density at radius 1 is 1.46 bits per heavy atom. The van der Waals surface area contributed by atoms with E-state index in [1.807, 2.05) is 0 Å². The molecular weight excluding hydrogens is 300 g/mol. The molecule has 5 unspecified atom stereocenters. The third-order valence-corrected chi connectivity index (χ3v) is 7.17. The van der Waals surface area contributed by atoms with Gasteiger partial charge in [-0.05, 0) is 55.3 Å². The lowest BCUT2D eigenvalue weighted by Gasteiger charge is -2.54. The summed E-state index contributed by atoms with van der Waals surface area (Å²) >= 11 is 0. The van der Waals surface area contributed by atoms with Gasteiger partial charge in [0.2, 0.25) is 0 Å². The van der Waals surface area contributed by atoms with Crippen LogP contribution in [0.25, 0.3) is 0 Å². The molecule has 138 valence electrons. The average molecular weight is 337 g/mol. The number of esters is 1. The first-order valence-electron chi connectivity index (χ1n) is 9.65. The van der Waals surface area contributed by atoms with E-state index in [9.17, 15) is 9.90 Å². The van der Waals surface area contributed by atoms with Gasteiger partial charge in [0.1, 0.15) is 0 Å². The molecule has 2 rings (SSSR count). The zero-order valence-corrected chi connectivity index (χ0v) is 16.2. The second-order valence-electron chi connectivity index (χ2n) is 8.89. The summed E-state index contributed by atoms with van der Waals surface area (Å²) in [5.74, 6) is 1.49. The van der Waals surface area contributed by atoms with Crippen molar-refractivity contribution in [3.8, 4) is 0 Å². The van der Waals surface area contributed by atoms with Crippen molar-refractivity contribution in [2.45, 2.75) is 72.6 Å². The van der Waals surface area contributed by atoms with Crippen LogP contribution in [0, 0.1) is 28.6 Å². The van der Waals surface area contributed by atoms with Crippen LogP contribution in [0.1, 0.15) is 72.6 Å². The number of hydrogen-bond acceptors (Lipinski definition) is 3. The van der Waals surface area contributed by atoms with Crippen molar-refractivity contribution in [2.75, 3.05) is 13.7 Å². The minimum absolute atomic E-state index is 0.0258. The quantitative estimate of drug-likeness (QED) is 0.563. The Hall–Kier alpha value is -0.830. The van der Waals surface area contributed by atoms with Crippen LogP contribution in [0.4, 0.5) is 0 Å². The summed E-state index contributed by atoms with van der Waals surface area (Å²) in [4.78, 5) is 11.5. The standard InChI is InChI=1S/C21H36O3/c1-15(13-19(23)24-5)10-12-21(4)16(2)8-9-17-18(21)7-6-11-20(17,3)14-22/h9,15-16,18,22H,6-8,10-14H2,1-5H3. The van der Waals surface area contributed by atoms with Crippen molar-refractivity contribution in [1.82, 2.24) is 0 Å². The molecule has 0 amide bonds. The lowest BCUT2D eigenvalue weighted by Crippen LogP contribution is -2.45. The van der Waals surface area contributed by atoms with Crippen molar-refractivity contribution in [1.29, 1.82) is 0 Å². The van der Waals surface area contributed by atoms with E-state index in [2.05, 4.69) is 33.8 Å². The fourth-order valence-electron chi connectivity index (χ4n) is 5.03. The van der Waals surface area contributed by atoms with Crippen LogP contribution in [0.15, 0.2) is 11.6 Å². The van der Waals surface area contributed by atoms with Crippen molar-refractivity contribution in [3.63, 3.8) is 0 Å². The molecule has 5 atom stereocenters. The van der Waals surface area contributed by atoms with Crippen molar-refractivity contribution >= 4 is 5.97 Å². The number of carbonyl (C=O) groups excluding carboxylic acids is 1. The van der Waals surface area contributed by atoms with Gasteiger partial charge in [0, 0.05) is 11.8 Å². The maximum absolute atomic E-state index is 11.5. The van der Waals surface area contributed by atoms with E-state index in [-0.39, 0.29) is 23.4 Å². The first-order chi connectivity index (χ1) is 11.3. The van der Waals surface area contributed by atoms with Crippen LogP contribution in [0.3, 0.4) is 0 Å². The van der Waals surface area contributed by atoms with Gasteiger partial charge in [-0.3, -0.25) is 4.79 Å². The van der Waals surface area contributed by atoms with Crippen LogP contribution in [0.2, 0.25) is 0 Å². The Kier molecular flexibility index (Phi) is 6.17. The fourth-order valence-corrected chi connectivity index (χ4v) is 5.03. The molecule has 1 fully saturated rings. The fraction of sp³-hybridized carbons (Fsp3) is 0.857. The smallest absolute Gasteiger partial charge is 0.305 e. The molecule has 0 heterocycles. The minimum Gasteiger partial charge on any atom is -0.469 e. The highest BCUT2D eigenvalue weighted by Gasteiger charge is 2.49. The Bertz CT molecular complexity index is 483. The summed E-state index contributed by atoms with van der Waals surface area (Å²) in [6, 6.07) is 0. The molecule has 2 aliphatic carbocycles. The van der Waals surface area contributed by atoms with E-state index in [1.54, 1.807) is 0 Å². The Morgan fingerprint density at radius 2 is 2.17 bits per heavy atom. The predicted molar refractivity (Wildman–Crippen MR) is 97.5 cm³/mol. The number of allylic oxidation sites excluding steroid dienone is 1. The van der Waals surface area contributed by atoms with Crippen LogP contribution in [0.5, 0.6) is 0 Å². The molecule has 24 heavy (non-hydrogen) atoms. The maximum atomic E-state index is 11.5. The summed E-state index contributed by atoms with van der Waals surface area (Å²) in [6.45, 7) is 9.48. The molecular formula is C21H36O3. The van der Waals surface area contributed by atoms with Crippen LogP contribution < -0.4 is 0 Å². The van der Waals surface area contributed by atoms with Gasteiger partial charge in [-0.15, -0.1) is 0 Å². The zero-order valence-electron chi connectivity index (χ0n) is 16.2. The first-order valence-corrected chi connectivity index (χ1v) is 9.65. The molecule has 3 nitrogen and oxygen atoms in total. The van der Waals surface area contributed by atoms with Gasteiger partial charge in [-0.25, -0.2) is 0 Å². The number of fused-ring (bicyclic) bond motifs is 1. The predicted octanol–water partition coefficient (Wildman–Crippen LogP) is 4.74. The van der Waals surface area contributed by atoms with Crippen LogP contribution in [-0.4, -0.2) is 24.8 Å². The second kappa shape index (κ2) is 7.59. The number of ether oxygens (including phenoxy) is 1. The number of rotatable bonds is 6. The lowest BCUT2D eigenvalue weighted by atomic mass is 9.51. The van der Waals surface area contributed by atoms with Crippen molar-refractivity contribution < 1.29 is 14.6 Å². The molecule has 2 aliphatic rings. The van der Waals surface area contributed by atoms with E-state index in [4.69, 9.17) is 4.74 Å². The van der Waals surface area contributed by atoms with E-state index in [0.29, 0.717) is 24.2 Å². The third-order valence-electron chi connectivity index (χ3n) is 7.17. The van der Waals surface area contributed by atoms with Crippen LogP contribution in [-0.2, 0) is 9.53 Å². The van der Waals surface area contributed by atoms with Gasteiger partial charge >= 0.3 is 5.97 Å². The van der Waals surface area contributed by atoms with E-state index in [1.165, 1.54) is 25.5 Å². The second-order valence-corrected chi connectivity index (χ2v) is 8.89. The normalized spacial score (nSPS) is 37.3. The summed E-state index contributed by atoms with van der Waals surface area (Å²) in [6.07, 6.45) is 9.84. The molecule has 0 aromatic heterocycles. The Labute approximate surface area is 147 Å².